The average molecular weight is 305 g/mol. The Morgan fingerprint density at radius 3 is 2.50 bits per heavy atom. The number of ether oxygens (including phenoxy) is 2. The molecule has 2 N–H and O–H groups in total. The molecule has 0 spiro atoms. The third-order valence-corrected chi connectivity index (χ3v) is 2.72. The molecule has 116 valence electrons. The summed E-state index contributed by atoms with van der Waals surface area (Å²) in [5.41, 5.74) is 0. The number of amides is 1. The topological polar surface area (TPSA) is 67.8 Å². The summed E-state index contributed by atoms with van der Waals surface area (Å²) in [6.45, 7) is 0.750. The molecule has 0 radical (unpaired) electrons. The van der Waals surface area contributed by atoms with Crippen LogP contribution in [-0.4, -0.2) is 24.4 Å². The van der Waals surface area contributed by atoms with Gasteiger partial charge in [0, 0.05) is 12.6 Å². The van der Waals surface area contributed by atoms with Gasteiger partial charge in [-0.15, -0.1) is 0 Å². The van der Waals surface area contributed by atoms with Gasteiger partial charge in [0.1, 0.15) is 23.1 Å². The molecule has 2 aromatic rings. The molecule has 0 aliphatic carbocycles. The second-order valence-corrected chi connectivity index (χ2v) is 4.46. The molecule has 2 rings (SSSR count). The molecule has 0 aliphatic heterocycles. The van der Waals surface area contributed by atoms with Crippen LogP contribution in [0.15, 0.2) is 48.5 Å². The van der Waals surface area contributed by atoms with E-state index in [9.17, 15) is 9.18 Å². The number of hydrogen-bond acceptors (Lipinski definition) is 3. The van der Waals surface area contributed by atoms with Crippen molar-refractivity contribution in [2.24, 2.45) is 0 Å². The van der Waals surface area contributed by atoms with E-state index in [-0.39, 0.29) is 5.82 Å². The van der Waals surface area contributed by atoms with Gasteiger partial charge >= 0.3 is 6.09 Å². The van der Waals surface area contributed by atoms with E-state index in [4.69, 9.17) is 14.6 Å². The first-order valence-corrected chi connectivity index (χ1v) is 6.76. The van der Waals surface area contributed by atoms with Crippen LogP contribution in [0.25, 0.3) is 0 Å². The zero-order valence-electron chi connectivity index (χ0n) is 11.8. The number of halogens is 1. The van der Waals surface area contributed by atoms with E-state index < -0.39 is 6.09 Å². The first-order chi connectivity index (χ1) is 10.6. The fourth-order valence-corrected chi connectivity index (χ4v) is 1.73. The predicted molar refractivity (Wildman–Crippen MR) is 79.1 cm³/mol. The number of nitrogens with one attached hydrogen (secondary N) is 1. The molecule has 2 aromatic carbocycles. The SMILES string of the molecule is O=C(O)NCCCOc1ccc(Oc2cccc(F)c2)cc1. The molecule has 1 amide bonds. The number of carboxylic acid groups (broad SMARTS) is 1. The summed E-state index contributed by atoms with van der Waals surface area (Å²) < 4.78 is 24.0. The molecule has 22 heavy (non-hydrogen) atoms. The summed E-state index contributed by atoms with van der Waals surface area (Å²) in [6, 6.07) is 12.8. The van der Waals surface area contributed by atoms with Gasteiger partial charge in [-0.2, -0.15) is 0 Å². The van der Waals surface area contributed by atoms with Gasteiger partial charge in [-0.05, 0) is 42.8 Å². The quantitative estimate of drug-likeness (QED) is 0.766. The first kappa shape index (κ1) is 15.6. The normalized spacial score (nSPS) is 10.0. The van der Waals surface area contributed by atoms with Gasteiger partial charge in [-0.25, -0.2) is 9.18 Å². The minimum absolute atomic E-state index is 0.343. The molecule has 0 unspecified atom stereocenters. The summed E-state index contributed by atoms with van der Waals surface area (Å²) in [5, 5.41) is 10.7. The van der Waals surface area contributed by atoms with Crippen molar-refractivity contribution in [2.45, 2.75) is 6.42 Å². The van der Waals surface area contributed by atoms with Crippen molar-refractivity contribution in [3.8, 4) is 17.2 Å². The molecule has 6 heteroatoms. The Labute approximate surface area is 127 Å². The van der Waals surface area contributed by atoms with Crippen molar-refractivity contribution in [3.63, 3.8) is 0 Å². The van der Waals surface area contributed by atoms with Gasteiger partial charge in [0.25, 0.3) is 0 Å². The van der Waals surface area contributed by atoms with Crippen LogP contribution in [0.3, 0.4) is 0 Å². The van der Waals surface area contributed by atoms with Crippen LogP contribution in [0.1, 0.15) is 6.42 Å². The third-order valence-electron chi connectivity index (χ3n) is 2.72. The van der Waals surface area contributed by atoms with Crippen LogP contribution < -0.4 is 14.8 Å². The predicted octanol–water partition coefficient (Wildman–Crippen LogP) is 3.65. The van der Waals surface area contributed by atoms with E-state index >= 15 is 0 Å². The maximum absolute atomic E-state index is 13.0. The highest BCUT2D eigenvalue weighted by atomic mass is 19.1. The molecule has 0 heterocycles. The standard InChI is InChI=1S/C16H16FNO4/c17-12-3-1-4-15(11-12)22-14-7-5-13(6-8-14)21-10-2-9-18-16(19)20/h1,3-8,11,18H,2,9-10H2,(H,19,20). The second-order valence-electron chi connectivity index (χ2n) is 4.46. The van der Waals surface area contributed by atoms with Crippen LogP contribution in [0, 0.1) is 5.82 Å². The number of carbonyl (C=O) groups is 1. The van der Waals surface area contributed by atoms with Crippen LogP contribution in [0.4, 0.5) is 9.18 Å². The molecule has 0 aliphatic rings. The van der Waals surface area contributed by atoms with E-state index in [0.717, 1.165) is 0 Å². The smallest absolute Gasteiger partial charge is 0.404 e. The summed E-state index contributed by atoms with van der Waals surface area (Å²) in [4.78, 5) is 10.3. The number of benzene rings is 2. The van der Waals surface area contributed by atoms with E-state index in [1.54, 1.807) is 36.4 Å². The van der Waals surface area contributed by atoms with Crippen molar-refractivity contribution >= 4 is 6.09 Å². The van der Waals surface area contributed by atoms with Gasteiger partial charge in [0.15, 0.2) is 0 Å². The van der Waals surface area contributed by atoms with Crippen molar-refractivity contribution in [3.05, 3.63) is 54.3 Å². The second kappa shape index (κ2) is 7.87. The molecular weight excluding hydrogens is 289 g/mol. The molecule has 0 fully saturated rings. The van der Waals surface area contributed by atoms with Crippen molar-refractivity contribution in [2.75, 3.05) is 13.2 Å². The average Bonchev–Trinajstić information content (AvgIpc) is 2.48. The molecule has 0 aromatic heterocycles. The van der Waals surface area contributed by atoms with Gasteiger partial charge < -0.3 is 19.9 Å². The molecule has 0 atom stereocenters. The first-order valence-electron chi connectivity index (χ1n) is 6.76. The van der Waals surface area contributed by atoms with Gasteiger partial charge in [0.05, 0.1) is 6.61 Å². The molecule has 5 nitrogen and oxygen atoms in total. The fraction of sp³-hybridized carbons (Fsp3) is 0.188. The minimum Gasteiger partial charge on any atom is -0.494 e. The maximum Gasteiger partial charge on any atom is 0.404 e. The van der Waals surface area contributed by atoms with Crippen LogP contribution in [0.2, 0.25) is 0 Å². The van der Waals surface area contributed by atoms with Gasteiger partial charge in [-0.3, -0.25) is 0 Å². The Bertz CT molecular complexity index is 616. The van der Waals surface area contributed by atoms with Crippen LogP contribution in [0.5, 0.6) is 17.2 Å². The Morgan fingerprint density at radius 1 is 1.09 bits per heavy atom. The lowest BCUT2D eigenvalue weighted by molar-refractivity contribution is 0.193. The monoisotopic (exact) mass is 305 g/mol. The van der Waals surface area contributed by atoms with E-state index in [0.29, 0.717) is 36.8 Å². The van der Waals surface area contributed by atoms with Gasteiger partial charge in [0.2, 0.25) is 0 Å². The highest BCUT2D eigenvalue weighted by molar-refractivity contribution is 5.64. The molecule has 0 saturated carbocycles. The number of hydrogen-bond donors (Lipinski definition) is 2. The Balaban J connectivity index is 1.79. The van der Waals surface area contributed by atoms with Crippen molar-refractivity contribution in [1.82, 2.24) is 5.32 Å². The summed E-state index contributed by atoms with van der Waals surface area (Å²) >= 11 is 0. The zero-order valence-corrected chi connectivity index (χ0v) is 11.8. The third kappa shape index (κ3) is 5.32. The Hall–Kier alpha value is -2.76. The molecule has 0 bridgehead atoms. The highest BCUT2D eigenvalue weighted by Crippen LogP contribution is 2.24. The molecular formula is C16H16FNO4. The van der Waals surface area contributed by atoms with E-state index in [2.05, 4.69) is 5.32 Å². The number of rotatable bonds is 7. The summed E-state index contributed by atoms with van der Waals surface area (Å²) in [6.07, 6.45) is -0.466. The maximum atomic E-state index is 13.0. The highest BCUT2D eigenvalue weighted by Gasteiger charge is 2.00. The van der Waals surface area contributed by atoms with Crippen LogP contribution in [-0.2, 0) is 0 Å². The van der Waals surface area contributed by atoms with E-state index in [1.165, 1.54) is 12.1 Å². The van der Waals surface area contributed by atoms with Gasteiger partial charge in [-0.1, -0.05) is 6.07 Å². The fourth-order valence-electron chi connectivity index (χ4n) is 1.73. The summed E-state index contributed by atoms with van der Waals surface area (Å²) in [5.74, 6) is 1.30. The van der Waals surface area contributed by atoms with Crippen molar-refractivity contribution in [1.29, 1.82) is 0 Å². The Kier molecular flexibility index (Phi) is 5.59. The largest absolute Gasteiger partial charge is 0.494 e. The zero-order chi connectivity index (χ0) is 15.8. The van der Waals surface area contributed by atoms with Crippen LogP contribution >= 0.6 is 0 Å². The minimum atomic E-state index is -1.04. The van der Waals surface area contributed by atoms with E-state index in [1.807, 2.05) is 0 Å². The molecule has 0 saturated heterocycles. The lowest BCUT2D eigenvalue weighted by atomic mass is 10.3. The summed E-state index contributed by atoms with van der Waals surface area (Å²) in [7, 11) is 0. The Morgan fingerprint density at radius 2 is 1.82 bits per heavy atom. The lowest BCUT2D eigenvalue weighted by Crippen LogP contribution is -2.23. The van der Waals surface area contributed by atoms with Crippen molar-refractivity contribution < 1.29 is 23.8 Å². The lowest BCUT2D eigenvalue weighted by Gasteiger charge is -2.08.